The highest BCUT2D eigenvalue weighted by Gasteiger charge is 2.24. The zero-order valence-electron chi connectivity index (χ0n) is 7.64. The van der Waals surface area contributed by atoms with E-state index in [2.05, 4.69) is 9.71 Å². The molecule has 76 valence electrons. The van der Waals surface area contributed by atoms with Gasteiger partial charge >= 0.3 is 6.01 Å². The van der Waals surface area contributed by atoms with Crippen molar-refractivity contribution in [2.24, 2.45) is 0 Å². The molecule has 0 amide bonds. The molecule has 1 N–H and O–H groups in total. The number of nitrogens with zero attached hydrogens (tertiary/aromatic N) is 1. The second-order valence-electron chi connectivity index (χ2n) is 3.12. The number of hydrogen-bond donors (Lipinski definition) is 1. The number of hydrogen-bond acceptors (Lipinski definition) is 4. The lowest BCUT2D eigenvalue weighted by molar-refractivity contribution is 0.574. The van der Waals surface area contributed by atoms with Crippen LogP contribution in [0, 0.1) is 0 Å². The molecule has 0 aromatic carbocycles. The SMILES string of the molecule is CS(C)(C)S(=O)(=O)Nc1ncco1. The van der Waals surface area contributed by atoms with Gasteiger partial charge in [0.2, 0.25) is 0 Å². The Morgan fingerprint density at radius 2 is 2.00 bits per heavy atom. The highest BCUT2D eigenvalue weighted by Crippen LogP contribution is 2.42. The summed E-state index contributed by atoms with van der Waals surface area (Å²) in [5.74, 6) is 0. The van der Waals surface area contributed by atoms with E-state index in [0.29, 0.717) is 0 Å². The molecule has 0 radical (unpaired) electrons. The zero-order valence-corrected chi connectivity index (χ0v) is 9.28. The average Bonchev–Trinajstić information content (AvgIpc) is 2.35. The Labute approximate surface area is 78.3 Å². The molecule has 0 saturated carbocycles. The molecule has 0 aliphatic heterocycles. The Balaban J connectivity index is 2.87. The molecule has 0 bridgehead atoms. The van der Waals surface area contributed by atoms with Crippen LogP contribution in [0.4, 0.5) is 6.01 Å². The summed E-state index contributed by atoms with van der Waals surface area (Å²) in [6, 6.07) is 0.0161. The Morgan fingerprint density at radius 3 is 2.38 bits per heavy atom. The van der Waals surface area contributed by atoms with Gasteiger partial charge in [0.1, 0.15) is 6.26 Å². The van der Waals surface area contributed by atoms with Crippen molar-refractivity contribution in [2.75, 3.05) is 23.5 Å². The average molecular weight is 224 g/mol. The smallest absolute Gasteiger partial charge is 0.309 e. The molecule has 0 aliphatic carbocycles. The van der Waals surface area contributed by atoms with E-state index >= 15 is 0 Å². The fourth-order valence-corrected chi connectivity index (χ4v) is 2.03. The third kappa shape index (κ3) is 2.38. The van der Waals surface area contributed by atoms with Crippen molar-refractivity contribution in [3.05, 3.63) is 12.5 Å². The van der Waals surface area contributed by atoms with Gasteiger partial charge in [0.05, 0.1) is 6.20 Å². The van der Waals surface area contributed by atoms with E-state index in [9.17, 15) is 8.42 Å². The lowest BCUT2D eigenvalue weighted by Gasteiger charge is -2.24. The van der Waals surface area contributed by atoms with E-state index in [1.807, 2.05) is 0 Å². The standard InChI is InChI=1S/C6H12N2O3S2/c1-12(2,3)13(9,10)8-6-7-4-5-11-6/h4-5H,1-3H3,(H,7,8). The number of nitrogens with one attached hydrogen (secondary N) is 1. The van der Waals surface area contributed by atoms with Gasteiger partial charge in [0.25, 0.3) is 9.06 Å². The summed E-state index contributed by atoms with van der Waals surface area (Å²) in [4.78, 5) is 3.67. The van der Waals surface area contributed by atoms with Crippen molar-refractivity contribution in [1.29, 1.82) is 0 Å². The first-order chi connectivity index (χ1) is 5.83. The van der Waals surface area contributed by atoms with Crippen LogP contribution < -0.4 is 4.72 Å². The number of rotatable bonds is 3. The summed E-state index contributed by atoms with van der Waals surface area (Å²) in [6.07, 6.45) is 7.74. The third-order valence-electron chi connectivity index (χ3n) is 1.30. The van der Waals surface area contributed by atoms with Crippen LogP contribution in [0.5, 0.6) is 0 Å². The molecule has 0 aliphatic rings. The fourth-order valence-electron chi connectivity index (χ4n) is 0.506. The van der Waals surface area contributed by atoms with E-state index < -0.39 is 18.1 Å². The van der Waals surface area contributed by atoms with Crippen LogP contribution in [-0.2, 0) is 9.06 Å². The largest absolute Gasteiger partial charge is 0.432 e. The van der Waals surface area contributed by atoms with E-state index in [1.54, 1.807) is 18.8 Å². The predicted octanol–water partition coefficient (Wildman–Crippen LogP) is 1.03. The third-order valence-corrected chi connectivity index (χ3v) is 7.24. The van der Waals surface area contributed by atoms with Crippen LogP contribution in [0.15, 0.2) is 16.9 Å². The van der Waals surface area contributed by atoms with Crippen LogP contribution in [0.1, 0.15) is 0 Å². The summed E-state index contributed by atoms with van der Waals surface area (Å²) in [5.41, 5.74) is 0. The molecule has 0 unspecified atom stereocenters. The van der Waals surface area contributed by atoms with Crippen molar-refractivity contribution < 1.29 is 12.8 Å². The normalized spacial score (nSPS) is 14.1. The maximum absolute atomic E-state index is 11.5. The molecule has 1 aromatic heterocycles. The molecule has 0 spiro atoms. The van der Waals surface area contributed by atoms with Gasteiger partial charge in [-0.2, -0.15) is 8.42 Å². The lowest BCUT2D eigenvalue weighted by atomic mass is 11.0. The zero-order chi connectivity index (χ0) is 10.1. The molecule has 1 aromatic rings. The van der Waals surface area contributed by atoms with Gasteiger partial charge in [0, 0.05) is 0 Å². The highest BCUT2D eigenvalue weighted by molar-refractivity contribution is 8.89. The maximum atomic E-state index is 11.5. The van der Waals surface area contributed by atoms with E-state index in [1.165, 1.54) is 12.5 Å². The van der Waals surface area contributed by atoms with Crippen molar-refractivity contribution >= 4 is 24.1 Å². The van der Waals surface area contributed by atoms with Gasteiger partial charge in [-0.25, -0.2) is 9.71 Å². The molecule has 0 fully saturated rings. The van der Waals surface area contributed by atoms with Crippen LogP contribution in [0.2, 0.25) is 0 Å². The second kappa shape index (κ2) is 3.22. The summed E-state index contributed by atoms with van der Waals surface area (Å²) in [5, 5.41) is 0. The Morgan fingerprint density at radius 1 is 1.38 bits per heavy atom. The quantitative estimate of drug-likeness (QED) is 0.778. The lowest BCUT2D eigenvalue weighted by Crippen LogP contribution is -2.18. The van der Waals surface area contributed by atoms with Crippen molar-refractivity contribution in [3.8, 4) is 0 Å². The topological polar surface area (TPSA) is 72.2 Å². The Kier molecular flexibility index (Phi) is 2.58. The summed E-state index contributed by atoms with van der Waals surface area (Å²) < 4.78 is 30.1. The van der Waals surface area contributed by atoms with Gasteiger partial charge in [-0.1, -0.05) is 0 Å². The molecular formula is C6H12N2O3S2. The van der Waals surface area contributed by atoms with Crippen LogP contribution in [-0.4, -0.2) is 32.2 Å². The Hall–Kier alpha value is -0.690. The first-order valence-corrected chi connectivity index (χ1v) is 8.29. The molecule has 13 heavy (non-hydrogen) atoms. The summed E-state index contributed by atoms with van der Waals surface area (Å²) >= 11 is 0. The first-order valence-electron chi connectivity index (χ1n) is 3.43. The number of anilines is 1. The predicted molar refractivity (Wildman–Crippen MR) is 54.4 cm³/mol. The summed E-state index contributed by atoms with van der Waals surface area (Å²) in [6.45, 7) is 0. The molecule has 7 heteroatoms. The first kappa shape index (κ1) is 10.4. The van der Waals surface area contributed by atoms with Gasteiger partial charge < -0.3 is 4.42 Å². The second-order valence-corrected chi connectivity index (χ2v) is 12.0. The molecule has 1 rings (SSSR count). The van der Waals surface area contributed by atoms with Crippen LogP contribution in [0.25, 0.3) is 0 Å². The molecule has 1 heterocycles. The van der Waals surface area contributed by atoms with E-state index in [0.717, 1.165) is 0 Å². The molecule has 0 atom stereocenters. The van der Waals surface area contributed by atoms with Gasteiger partial charge in [0.15, 0.2) is 0 Å². The molecule has 0 saturated heterocycles. The minimum absolute atomic E-state index is 0.0161. The Bertz CT molecular complexity index is 363. The summed E-state index contributed by atoms with van der Waals surface area (Å²) in [7, 11) is -5.06. The number of oxazole rings is 1. The van der Waals surface area contributed by atoms with Crippen molar-refractivity contribution in [2.45, 2.75) is 0 Å². The van der Waals surface area contributed by atoms with Gasteiger partial charge in [-0.3, -0.25) is 0 Å². The monoisotopic (exact) mass is 224 g/mol. The fraction of sp³-hybridized carbons (Fsp3) is 0.500. The van der Waals surface area contributed by atoms with Crippen LogP contribution >= 0.6 is 9.06 Å². The molecule has 5 nitrogen and oxygen atoms in total. The van der Waals surface area contributed by atoms with Crippen LogP contribution in [0.3, 0.4) is 0 Å². The maximum Gasteiger partial charge on any atom is 0.309 e. The number of aromatic nitrogens is 1. The van der Waals surface area contributed by atoms with Crippen molar-refractivity contribution in [1.82, 2.24) is 4.98 Å². The minimum atomic E-state index is -3.34. The van der Waals surface area contributed by atoms with Gasteiger partial charge in [-0.05, 0) is 18.8 Å². The van der Waals surface area contributed by atoms with E-state index in [-0.39, 0.29) is 6.01 Å². The molecular weight excluding hydrogens is 212 g/mol. The van der Waals surface area contributed by atoms with Gasteiger partial charge in [-0.15, -0.1) is 9.06 Å². The minimum Gasteiger partial charge on any atom is -0.432 e. The van der Waals surface area contributed by atoms with Crippen molar-refractivity contribution in [3.63, 3.8) is 0 Å². The highest BCUT2D eigenvalue weighted by atomic mass is 33.2. The van der Waals surface area contributed by atoms with E-state index in [4.69, 9.17) is 4.42 Å².